The van der Waals surface area contributed by atoms with Crippen LogP contribution in [0.5, 0.6) is 0 Å². The molecule has 0 amide bonds. The van der Waals surface area contributed by atoms with E-state index in [0.717, 1.165) is 11.5 Å². The second-order valence-electron chi connectivity index (χ2n) is 5.67. The van der Waals surface area contributed by atoms with Crippen LogP contribution >= 0.6 is 0 Å². The first-order valence-corrected chi connectivity index (χ1v) is 9.41. The molecule has 23 heavy (non-hydrogen) atoms. The molecule has 1 unspecified atom stereocenters. The second-order valence-corrected chi connectivity index (χ2v) is 7.90. The van der Waals surface area contributed by atoms with E-state index < -0.39 is 9.84 Å². The van der Waals surface area contributed by atoms with Crippen molar-refractivity contribution in [3.05, 3.63) is 42.5 Å². The van der Waals surface area contributed by atoms with Gasteiger partial charge in [-0.05, 0) is 18.6 Å². The normalized spacial score (nSPS) is 21.3. The van der Waals surface area contributed by atoms with E-state index in [0.29, 0.717) is 19.5 Å². The number of aliphatic hydroxyl groups excluding tert-OH is 1. The summed E-state index contributed by atoms with van der Waals surface area (Å²) in [5.41, 5.74) is 0.920. The molecule has 0 radical (unpaired) electrons. The Labute approximate surface area is 135 Å². The van der Waals surface area contributed by atoms with Gasteiger partial charge in [0.15, 0.2) is 9.84 Å². The number of hydrogen-bond acceptors (Lipinski definition) is 6. The molecule has 1 aromatic heterocycles. The highest BCUT2D eigenvalue weighted by molar-refractivity contribution is 7.91. The van der Waals surface area contributed by atoms with Crippen LogP contribution in [0.25, 0.3) is 5.69 Å². The molecule has 0 spiro atoms. The van der Waals surface area contributed by atoms with Crippen molar-refractivity contribution in [3.8, 4) is 5.69 Å². The van der Waals surface area contributed by atoms with E-state index in [1.165, 1.54) is 6.33 Å². The molecule has 1 aromatic carbocycles. The minimum absolute atomic E-state index is 0.0257. The number of sulfone groups is 1. The Morgan fingerprint density at radius 1 is 1.26 bits per heavy atom. The summed E-state index contributed by atoms with van der Waals surface area (Å²) in [4.78, 5) is 6.39. The SMILES string of the molecule is O=S1(=O)CCN(Cc2ncnn2-c2ccccc2)C(CCO)C1. The van der Waals surface area contributed by atoms with Crippen molar-refractivity contribution in [2.75, 3.05) is 24.7 Å². The van der Waals surface area contributed by atoms with Gasteiger partial charge in [-0.15, -0.1) is 0 Å². The van der Waals surface area contributed by atoms with Crippen molar-refractivity contribution in [1.29, 1.82) is 0 Å². The molecule has 1 N–H and O–H groups in total. The standard InChI is InChI=1S/C15H20N4O3S/c20-8-6-14-11-23(21,22)9-7-18(14)10-15-16-12-17-19(15)13-4-2-1-3-5-13/h1-5,12,14,20H,6-11H2. The Bertz CT molecular complexity index is 745. The van der Waals surface area contributed by atoms with Gasteiger partial charge in [-0.25, -0.2) is 18.1 Å². The second kappa shape index (κ2) is 6.77. The fraction of sp³-hybridized carbons (Fsp3) is 0.467. The predicted molar refractivity (Wildman–Crippen MR) is 85.9 cm³/mol. The van der Waals surface area contributed by atoms with Crippen molar-refractivity contribution in [2.45, 2.75) is 19.0 Å². The highest BCUT2D eigenvalue weighted by Gasteiger charge is 2.31. The molecule has 1 atom stereocenters. The molecule has 2 aromatic rings. The molecular weight excluding hydrogens is 316 g/mol. The van der Waals surface area contributed by atoms with Gasteiger partial charge in [-0.3, -0.25) is 4.90 Å². The third-order valence-corrected chi connectivity index (χ3v) is 5.78. The summed E-state index contributed by atoms with van der Waals surface area (Å²) in [6.07, 6.45) is 1.95. The topological polar surface area (TPSA) is 88.3 Å². The molecular formula is C15H20N4O3S. The summed E-state index contributed by atoms with van der Waals surface area (Å²) < 4.78 is 25.4. The van der Waals surface area contributed by atoms with Crippen LogP contribution in [0.3, 0.4) is 0 Å². The lowest BCUT2D eigenvalue weighted by Crippen LogP contribution is -2.48. The number of nitrogens with zero attached hydrogens (tertiary/aromatic N) is 4. The van der Waals surface area contributed by atoms with Gasteiger partial charge < -0.3 is 5.11 Å². The van der Waals surface area contributed by atoms with Crippen molar-refractivity contribution < 1.29 is 13.5 Å². The predicted octanol–water partition coefficient (Wildman–Crippen LogP) is 0.249. The highest BCUT2D eigenvalue weighted by Crippen LogP contribution is 2.18. The monoisotopic (exact) mass is 336 g/mol. The summed E-state index contributed by atoms with van der Waals surface area (Å²) in [5, 5.41) is 13.5. The fourth-order valence-corrected chi connectivity index (χ4v) is 4.53. The number of benzene rings is 1. The summed E-state index contributed by atoms with van der Waals surface area (Å²) in [5.74, 6) is 1.000. The van der Waals surface area contributed by atoms with Crippen LogP contribution in [0, 0.1) is 0 Å². The van der Waals surface area contributed by atoms with Gasteiger partial charge in [0.1, 0.15) is 12.2 Å². The Morgan fingerprint density at radius 3 is 2.78 bits per heavy atom. The van der Waals surface area contributed by atoms with Gasteiger partial charge in [0.25, 0.3) is 0 Å². The first-order chi connectivity index (χ1) is 11.1. The smallest absolute Gasteiger partial charge is 0.153 e. The third kappa shape index (κ3) is 3.77. The number of hydrogen-bond donors (Lipinski definition) is 1. The Kier molecular flexibility index (Phi) is 4.74. The number of aromatic nitrogens is 3. The van der Waals surface area contributed by atoms with E-state index in [1.54, 1.807) is 4.68 Å². The van der Waals surface area contributed by atoms with Crippen LogP contribution in [0.15, 0.2) is 36.7 Å². The van der Waals surface area contributed by atoms with E-state index in [9.17, 15) is 13.5 Å². The summed E-state index contributed by atoms with van der Waals surface area (Å²) in [6.45, 7) is 0.936. The number of rotatable bonds is 5. The van der Waals surface area contributed by atoms with Gasteiger partial charge >= 0.3 is 0 Å². The van der Waals surface area contributed by atoms with Crippen LogP contribution in [-0.2, 0) is 16.4 Å². The van der Waals surface area contributed by atoms with Crippen LogP contribution in [-0.4, -0.2) is 63.9 Å². The Balaban J connectivity index is 1.80. The molecule has 1 aliphatic heterocycles. The quantitative estimate of drug-likeness (QED) is 0.842. The van der Waals surface area contributed by atoms with Crippen molar-refractivity contribution in [2.24, 2.45) is 0 Å². The third-order valence-electron chi connectivity index (χ3n) is 4.08. The van der Waals surface area contributed by atoms with Gasteiger partial charge in [0.2, 0.25) is 0 Å². The minimum atomic E-state index is -3.02. The molecule has 1 fully saturated rings. The summed E-state index contributed by atoms with van der Waals surface area (Å²) in [7, 11) is -3.02. The molecule has 0 bridgehead atoms. The molecule has 124 valence electrons. The first-order valence-electron chi connectivity index (χ1n) is 7.59. The zero-order valence-corrected chi connectivity index (χ0v) is 13.6. The average molecular weight is 336 g/mol. The maximum absolute atomic E-state index is 11.8. The molecule has 1 aliphatic rings. The van der Waals surface area contributed by atoms with Crippen molar-refractivity contribution in [3.63, 3.8) is 0 Å². The van der Waals surface area contributed by atoms with Crippen molar-refractivity contribution >= 4 is 9.84 Å². The number of para-hydroxylation sites is 1. The highest BCUT2D eigenvalue weighted by atomic mass is 32.2. The number of aliphatic hydroxyl groups is 1. The van der Waals surface area contributed by atoms with E-state index in [4.69, 9.17) is 0 Å². The van der Waals surface area contributed by atoms with E-state index in [2.05, 4.69) is 15.0 Å². The average Bonchev–Trinajstić information content (AvgIpc) is 2.99. The zero-order valence-electron chi connectivity index (χ0n) is 12.7. The lowest BCUT2D eigenvalue weighted by molar-refractivity contribution is 0.159. The van der Waals surface area contributed by atoms with Gasteiger partial charge in [0, 0.05) is 19.2 Å². The first kappa shape index (κ1) is 16.1. The Hall–Kier alpha value is -1.77. The maximum atomic E-state index is 11.8. The fourth-order valence-electron chi connectivity index (χ4n) is 2.88. The van der Waals surface area contributed by atoms with Crippen LogP contribution in [0.4, 0.5) is 0 Å². The maximum Gasteiger partial charge on any atom is 0.153 e. The lowest BCUT2D eigenvalue weighted by Gasteiger charge is -2.34. The van der Waals surface area contributed by atoms with Crippen LogP contribution in [0.2, 0.25) is 0 Å². The summed E-state index contributed by atoms with van der Waals surface area (Å²) in [6, 6.07) is 9.52. The van der Waals surface area contributed by atoms with Crippen LogP contribution < -0.4 is 0 Å². The largest absolute Gasteiger partial charge is 0.396 e. The molecule has 0 saturated carbocycles. The summed E-state index contributed by atoms with van der Waals surface area (Å²) >= 11 is 0. The van der Waals surface area contributed by atoms with Crippen LogP contribution in [0.1, 0.15) is 12.2 Å². The molecule has 7 nitrogen and oxygen atoms in total. The van der Waals surface area contributed by atoms with Crippen molar-refractivity contribution in [1.82, 2.24) is 19.7 Å². The van der Waals surface area contributed by atoms with Gasteiger partial charge in [0.05, 0.1) is 23.7 Å². The van der Waals surface area contributed by atoms with E-state index in [1.807, 2.05) is 30.3 Å². The van der Waals surface area contributed by atoms with E-state index in [-0.39, 0.29) is 24.2 Å². The molecule has 1 saturated heterocycles. The minimum Gasteiger partial charge on any atom is -0.396 e. The van der Waals surface area contributed by atoms with Gasteiger partial charge in [-0.1, -0.05) is 18.2 Å². The molecule has 0 aliphatic carbocycles. The molecule has 3 rings (SSSR count). The van der Waals surface area contributed by atoms with E-state index >= 15 is 0 Å². The Morgan fingerprint density at radius 2 is 2.04 bits per heavy atom. The van der Waals surface area contributed by atoms with Gasteiger partial charge in [-0.2, -0.15) is 5.10 Å². The molecule has 8 heteroatoms. The zero-order chi connectivity index (χ0) is 16.3. The molecule has 2 heterocycles. The lowest BCUT2D eigenvalue weighted by atomic mass is 10.2.